The van der Waals surface area contributed by atoms with Crippen LogP contribution in [0, 0.1) is 5.41 Å². The van der Waals surface area contributed by atoms with Gasteiger partial charge in [0.1, 0.15) is 0 Å². The number of benzene rings is 1. The molecule has 1 N–H and O–H groups in total. The highest BCUT2D eigenvalue weighted by Gasteiger charge is 2.36. The van der Waals surface area contributed by atoms with Crippen LogP contribution < -0.4 is 5.32 Å². The molecule has 0 unspecified atom stereocenters. The van der Waals surface area contributed by atoms with E-state index in [2.05, 4.69) is 28.5 Å². The summed E-state index contributed by atoms with van der Waals surface area (Å²) in [5.74, 6) is 1.22. The maximum atomic E-state index is 4.78. The number of aromatic nitrogens is 1. The number of fused-ring (bicyclic) bond motifs is 1. The molecule has 5 heteroatoms. The lowest BCUT2D eigenvalue weighted by molar-refractivity contribution is 0.359. The van der Waals surface area contributed by atoms with Crippen molar-refractivity contribution in [1.82, 2.24) is 4.98 Å². The van der Waals surface area contributed by atoms with Crippen LogP contribution in [0.3, 0.4) is 0 Å². The molecule has 2 aliphatic rings. The second-order valence-electron chi connectivity index (χ2n) is 5.78. The van der Waals surface area contributed by atoms with Crippen molar-refractivity contribution in [3.8, 4) is 0 Å². The fraction of sp³-hybridized carbons (Fsp3) is 0.467. The van der Waals surface area contributed by atoms with Crippen LogP contribution in [0.5, 0.6) is 0 Å². The Labute approximate surface area is 126 Å². The summed E-state index contributed by atoms with van der Waals surface area (Å²) in [6.07, 6.45) is 5.51. The molecule has 0 saturated heterocycles. The molecule has 1 aliphatic heterocycles. The van der Waals surface area contributed by atoms with Gasteiger partial charge in [0, 0.05) is 18.0 Å². The Kier molecular flexibility index (Phi) is 3.19. The Bertz CT molecular complexity index is 656. The molecule has 2 aromatic rings. The van der Waals surface area contributed by atoms with Crippen molar-refractivity contribution >= 4 is 44.2 Å². The summed E-state index contributed by atoms with van der Waals surface area (Å²) < 4.78 is 1.23. The highest BCUT2D eigenvalue weighted by atomic mass is 32.2. The summed E-state index contributed by atoms with van der Waals surface area (Å²) in [7, 11) is 0. The molecular weight excluding hydrogens is 286 g/mol. The standard InChI is InChI=1S/C15H17N3S2/c1-2-6-15(5-1)8-16-14(19-9-15)18-11-3-4-12-13(7-11)20-10-17-12/h3-4,7,10H,1-2,5-6,8-9H2,(H,16,18). The molecule has 0 atom stereocenters. The molecule has 20 heavy (non-hydrogen) atoms. The fourth-order valence-electron chi connectivity index (χ4n) is 3.11. The third kappa shape index (κ3) is 2.33. The number of nitrogens with one attached hydrogen (secondary N) is 1. The number of amidine groups is 1. The van der Waals surface area contributed by atoms with Crippen LogP contribution in [0.2, 0.25) is 0 Å². The van der Waals surface area contributed by atoms with E-state index in [1.54, 1.807) is 11.3 Å². The first kappa shape index (κ1) is 12.7. The molecule has 104 valence electrons. The highest BCUT2D eigenvalue weighted by Crippen LogP contribution is 2.43. The number of hydrogen-bond donors (Lipinski definition) is 1. The molecule has 0 amide bonds. The van der Waals surface area contributed by atoms with Crippen molar-refractivity contribution in [2.24, 2.45) is 10.4 Å². The molecule has 1 spiro atoms. The predicted molar refractivity (Wildman–Crippen MR) is 88.9 cm³/mol. The van der Waals surface area contributed by atoms with Crippen LogP contribution in [-0.4, -0.2) is 22.4 Å². The van der Waals surface area contributed by atoms with Crippen LogP contribution in [0.1, 0.15) is 25.7 Å². The van der Waals surface area contributed by atoms with E-state index < -0.39 is 0 Å². The summed E-state index contributed by atoms with van der Waals surface area (Å²) in [5.41, 5.74) is 4.60. The molecule has 1 saturated carbocycles. The van der Waals surface area contributed by atoms with Gasteiger partial charge in [0.05, 0.1) is 15.7 Å². The number of anilines is 1. The maximum absolute atomic E-state index is 4.78. The maximum Gasteiger partial charge on any atom is 0.161 e. The zero-order valence-electron chi connectivity index (χ0n) is 11.3. The molecule has 4 rings (SSSR count). The second-order valence-corrected chi connectivity index (χ2v) is 7.63. The van der Waals surface area contributed by atoms with Gasteiger partial charge in [-0.2, -0.15) is 0 Å². The summed E-state index contributed by atoms with van der Waals surface area (Å²) >= 11 is 3.57. The first-order valence-corrected chi connectivity index (χ1v) is 8.97. The first-order valence-electron chi connectivity index (χ1n) is 7.11. The third-order valence-corrected chi connectivity index (χ3v) is 6.37. The molecule has 0 radical (unpaired) electrons. The number of thiazole rings is 1. The Hall–Kier alpha value is -1.07. The van der Waals surface area contributed by atoms with E-state index in [9.17, 15) is 0 Å². The molecular formula is C15H17N3S2. The van der Waals surface area contributed by atoms with Crippen LogP contribution in [0.25, 0.3) is 10.2 Å². The topological polar surface area (TPSA) is 37.3 Å². The van der Waals surface area contributed by atoms with Gasteiger partial charge < -0.3 is 5.32 Å². The van der Waals surface area contributed by atoms with E-state index in [0.29, 0.717) is 5.41 Å². The van der Waals surface area contributed by atoms with E-state index in [0.717, 1.165) is 22.9 Å². The van der Waals surface area contributed by atoms with Gasteiger partial charge in [-0.15, -0.1) is 11.3 Å². The van der Waals surface area contributed by atoms with E-state index >= 15 is 0 Å². The van der Waals surface area contributed by atoms with Crippen LogP contribution >= 0.6 is 23.1 Å². The average Bonchev–Trinajstić information content (AvgIpc) is 3.11. The first-order chi connectivity index (χ1) is 9.83. The molecule has 1 aromatic carbocycles. The van der Waals surface area contributed by atoms with Gasteiger partial charge in [-0.3, -0.25) is 4.99 Å². The Morgan fingerprint density at radius 2 is 2.10 bits per heavy atom. The van der Waals surface area contributed by atoms with E-state index in [1.165, 1.54) is 36.1 Å². The monoisotopic (exact) mass is 303 g/mol. The number of thioether (sulfide) groups is 1. The number of rotatable bonds is 1. The Morgan fingerprint density at radius 1 is 1.20 bits per heavy atom. The zero-order chi connectivity index (χ0) is 13.4. The summed E-state index contributed by atoms with van der Waals surface area (Å²) in [6, 6.07) is 6.32. The van der Waals surface area contributed by atoms with Gasteiger partial charge in [0.2, 0.25) is 0 Å². The second kappa shape index (κ2) is 5.04. The van der Waals surface area contributed by atoms with E-state index in [4.69, 9.17) is 4.99 Å². The SMILES string of the molecule is c1nc2ccc(NC3=NCC4(CCCC4)CS3)cc2s1. The minimum atomic E-state index is 0.511. The highest BCUT2D eigenvalue weighted by molar-refractivity contribution is 8.14. The predicted octanol–water partition coefficient (Wildman–Crippen LogP) is 4.37. The Morgan fingerprint density at radius 3 is 2.90 bits per heavy atom. The largest absolute Gasteiger partial charge is 0.335 e. The quantitative estimate of drug-likeness (QED) is 0.850. The van der Waals surface area contributed by atoms with Crippen LogP contribution in [-0.2, 0) is 0 Å². The van der Waals surface area contributed by atoms with Gasteiger partial charge >= 0.3 is 0 Å². The van der Waals surface area contributed by atoms with Crippen molar-refractivity contribution in [2.75, 3.05) is 17.6 Å². The minimum Gasteiger partial charge on any atom is -0.335 e. The van der Waals surface area contributed by atoms with Gasteiger partial charge in [-0.25, -0.2) is 4.98 Å². The van der Waals surface area contributed by atoms with Crippen LogP contribution in [0.4, 0.5) is 5.69 Å². The molecule has 1 aliphatic carbocycles. The van der Waals surface area contributed by atoms with Crippen molar-refractivity contribution < 1.29 is 0 Å². The Balaban J connectivity index is 1.50. The van der Waals surface area contributed by atoms with Crippen molar-refractivity contribution in [3.05, 3.63) is 23.7 Å². The average molecular weight is 303 g/mol. The molecule has 0 bridgehead atoms. The van der Waals surface area contributed by atoms with Gasteiger partial charge in [-0.1, -0.05) is 24.6 Å². The lowest BCUT2D eigenvalue weighted by atomic mass is 9.89. The normalized spacial score (nSPS) is 21.3. The number of hydrogen-bond acceptors (Lipinski definition) is 5. The zero-order valence-corrected chi connectivity index (χ0v) is 12.9. The molecule has 2 heterocycles. The van der Waals surface area contributed by atoms with E-state index in [1.807, 2.05) is 17.3 Å². The summed E-state index contributed by atoms with van der Waals surface area (Å²) in [4.78, 5) is 9.09. The number of nitrogens with zero attached hydrogens (tertiary/aromatic N) is 2. The van der Waals surface area contributed by atoms with Crippen molar-refractivity contribution in [2.45, 2.75) is 25.7 Å². The fourth-order valence-corrected chi connectivity index (χ4v) is 5.00. The molecule has 3 nitrogen and oxygen atoms in total. The third-order valence-electron chi connectivity index (χ3n) is 4.32. The van der Waals surface area contributed by atoms with E-state index in [-0.39, 0.29) is 0 Å². The molecule has 1 aromatic heterocycles. The number of aliphatic imine (C=N–C) groups is 1. The van der Waals surface area contributed by atoms with Gasteiger partial charge in [0.15, 0.2) is 5.17 Å². The minimum absolute atomic E-state index is 0.511. The van der Waals surface area contributed by atoms with Gasteiger partial charge in [0.25, 0.3) is 0 Å². The smallest absolute Gasteiger partial charge is 0.161 e. The van der Waals surface area contributed by atoms with Crippen molar-refractivity contribution in [3.63, 3.8) is 0 Å². The van der Waals surface area contributed by atoms with Crippen LogP contribution in [0.15, 0.2) is 28.7 Å². The van der Waals surface area contributed by atoms with Crippen molar-refractivity contribution in [1.29, 1.82) is 0 Å². The van der Waals surface area contributed by atoms with Gasteiger partial charge in [-0.05, 0) is 36.5 Å². The lowest BCUT2D eigenvalue weighted by Gasteiger charge is -2.31. The summed E-state index contributed by atoms with van der Waals surface area (Å²) in [5, 5.41) is 4.54. The lowest BCUT2D eigenvalue weighted by Crippen LogP contribution is -2.30. The summed E-state index contributed by atoms with van der Waals surface area (Å²) in [6.45, 7) is 1.01. The molecule has 1 fully saturated rings.